The monoisotopic (exact) mass is 262 g/mol. The number of aromatic nitrogens is 3. The minimum absolute atomic E-state index is 0.0251. The van der Waals surface area contributed by atoms with Gasteiger partial charge in [0.05, 0.1) is 6.54 Å². The van der Waals surface area contributed by atoms with Crippen LogP contribution in [0.5, 0.6) is 0 Å². The Balaban J connectivity index is 1.93. The Bertz CT molecular complexity index is 535. The summed E-state index contributed by atoms with van der Waals surface area (Å²) >= 11 is 1.44. The van der Waals surface area contributed by atoms with E-state index >= 15 is 0 Å². The van der Waals surface area contributed by atoms with Gasteiger partial charge in [-0.15, -0.1) is 5.10 Å². The SMILES string of the molecule is CSc1n[nH]c(NCC(=O)c2ccc(C)cc2)n1. The van der Waals surface area contributed by atoms with E-state index in [1.807, 2.05) is 37.4 Å². The van der Waals surface area contributed by atoms with Gasteiger partial charge >= 0.3 is 0 Å². The Hall–Kier alpha value is -1.82. The van der Waals surface area contributed by atoms with E-state index in [0.29, 0.717) is 16.7 Å². The van der Waals surface area contributed by atoms with Crippen LogP contribution < -0.4 is 5.32 Å². The molecule has 6 heteroatoms. The smallest absolute Gasteiger partial charge is 0.219 e. The summed E-state index contributed by atoms with van der Waals surface area (Å²) in [6, 6.07) is 7.50. The summed E-state index contributed by atoms with van der Waals surface area (Å²) < 4.78 is 0. The molecule has 0 amide bonds. The fraction of sp³-hybridized carbons (Fsp3) is 0.250. The van der Waals surface area contributed by atoms with Crippen molar-refractivity contribution in [2.45, 2.75) is 12.1 Å². The third-order valence-electron chi connectivity index (χ3n) is 2.44. The van der Waals surface area contributed by atoms with Gasteiger partial charge in [0.2, 0.25) is 11.1 Å². The summed E-state index contributed by atoms with van der Waals surface area (Å²) in [6.07, 6.45) is 1.89. The Labute approximate surface area is 109 Å². The molecule has 2 rings (SSSR count). The Morgan fingerprint density at radius 1 is 1.39 bits per heavy atom. The van der Waals surface area contributed by atoms with Gasteiger partial charge in [0.15, 0.2) is 5.78 Å². The van der Waals surface area contributed by atoms with Crippen molar-refractivity contribution in [3.63, 3.8) is 0 Å². The molecule has 0 aliphatic carbocycles. The minimum atomic E-state index is 0.0251. The molecule has 94 valence electrons. The highest BCUT2D eigenvalue weighted by Crippen LogP contribution is 2.09. The molecular weight excluding hydrogens is 248 g/mol. The van der Waals surface area contributed by atoms with Crippen LogP contribution in [0.2, 0.25) is 0 Å². The number of rotatable bonds is 5. The predicted molar refractivity (Wildman–Crippen MR) is 72.2 cm³/mol. The van der Waals surface area contributed by atoms with Crippen molar-refractivity contribution in [3.05, 3.63) is 35.4 Å². The van der Waals surface area contributed by atoms with Crippen molar-refractivity contribution in [3.8, 4) is 0 Å². The molecular formula is C12H14N4OS. The van der Waals surface area contributed by atoms with Gasteiger partial charge in [-0.2, -0.15) is 4.98 Å². The quantitative estimate of drug-likeness (QED) is 0.638. The molecule has 2 aromatic rings. The van der Waals surface area contributed by atoms with Gasteiger partial charge in [-0.25, -0.2) is 5.10 Å². The van der Waals surface area contributed by atoms with Crippen molar-refractivity contribution in [1.82, 2.24) is 15.2 Å². The minimum Gasteiger partial charge on any atom is -0.347 e. The lowest BCUT2D eigenvalue weighted by atomic mass is 10.1. The van der Waals surface area contributed by atoms with Crippen molar-refractivity contribution < 1.29 is 4.79 Å². The number of hydrogen-bond acceptors (Lipinski definition) is 5. The molecule has 1 aromatic heterocycles. The number of nitrogens with one attached hydrogen (secondary N) is 2. The molecule has 1 aromatic carbocycles. The number of hydrogen-bond donors (Lipinski definition) is 2. The van der Waals surface area contributed by atoms with Gasteiger partial charge in [-0.3, -0.25) is 4.79 Å². The van der Waals surface area contributed by atoms with E-state index in [4.69, 9.17) is 0 Å². The first-order valence-electron chi connectivity index (χ1n) is 5.49. The zero-order valence-electron chi connectivity index (χ0n) is 10.2. The van der Waals surface area contributed by atoms with Crippen LogP contribution in [-0.4, -0.2) is 33.8 Å². The summed E-state index contributed by atoms with van der Waals surface area (Å²) in [5, 5.41) is 10.3. The molecule has 0 aliphatic heterocycles. The zero-order chi connectivity index (χ0) is 13.0. The highest BCUT2D eigenvalue weighted by atomic mass is 32.2. The van der Waals surface area contributed by atoms with E-state index in [1.165, 1.54) is 11.8 Å². The molecule has 0 radical (unpaired) electrons. The number of anilines is 1. The van der Waals surface area contributed by atoms with E-state index in [2.05, 4.69) is 20.5 Å². The lowest BCUT2D eigenvalue weighted by Crippen LogP contribution is -2.14. The van der Waals surface area contributed by atoms with Crippen molar-refractivity contribution in [2.75, 3.05) is 18.1 Å². The van der Waals surface area contributed by atoms with Crippen LogP contribution in [0.3, 0.4) is 0 Å². The van der Waals surface area contributed by atoms with Gasteiger partial charge in [0.1, 0.15) is 0 Å². The maximum absolute atomic E-state index is 11.9. The van der Waals surface area contributed by atoms with Crippen molar-refractivity contribution >= 4 is 23.5 Å². The molecule has 2 N–H and O–H groups in total. The van der Waals surface area contributed by atoms with E-state index in [-0.39, 0.29) is 12.3 Å². The molecule has 18 heavy (non-hydrogen) atoms. The highest BCUT2D eigenvalue weighted by Gasteiger charge is 2.07. The van der Waals surface area contributed by atoms with E-state index in [9.17, 15) is 4.79 Å². The second-order valence-corrected chi connectivity index (χ2v) is 4.59. The van der Waals surface area contributed by atoms with Gasteiger partial charge < -0.3 is 5.32 Å². The number of Topliss-reactive ketones (excluding diaryl/α,β-unsaturated/α-hetero) is 1. The van der Waals surface area contributed by atoms with E-state index < -0.39 is 0 Å². The molecule has 0 aliphatic rings. The summed E-state index contributed by atoms with van der Waals surface area (Å²) in [4.78, 5) is 16.0. The molecule has 1 heterocycles. The number of nitrogens with zero attached hydrogens (tertiary/aromatic N) is 2. The molecule has 0 saturated carbocycles. The maximum Gasteiger partial charge on any atom is 0.219 e. The standard InChI is InChI=1S/C12H14N4OS/c1-8-3-5-9(6-4-8)10(17)7-13-11-14-12(18-2)16-15-11/h3-6H,7H2,1-2H3,(H2,13,14,15,16). The Morgan fingerprint density at radius 2 is 2.11 bits per heavy atom. The average molecular weight is 262 g/mol. The van der Waals surface area contributed by atoms with Crippen LogP contribution >= 0.6 is 11.8 Å². The fourth-order valence-electron chi connectivity index (χ4n) is 1.42. The average Bonchev–Trinajstić information content (AvgIpc) is 2.85. The Kier molecular flexibility index (Phi) is 3.99. The first kappa shape index (κ1) is 12.6. The third kappa shape index (κ3) is 3.10. The first-order chi connectivity index (χ1) is 8.69. The molecule has 0 saturated heterocycles. The van der Waals surface area contributed by atoms with Crippen LogP contribution in [-0.2, 0) is 0 Å². The molecule has 0 spiro atoms. The van der Waals surface area contributed by atoms with Crippen LogP contribution in [0.4, 0.5) is 5.95 Å². The largest absolute Gasteiger partial charge is 0.347 e. The lowest BCUT2D eigenvalue weighted by molar-refractivity contribution is 0.101. The number of carbonyl (C=O) groups excluding carboxylic acids is 1. The summed E-state index contributed by atoms with van der Waals surface area (Å²) in [5.41, 5.74) is 1.83. The maximum atomic E-state index is 11.9. The zero-order valence-corrected chi connectivity index (χ0v) is 11.0. The third-order valence-corrected chi connectivity index (χ3v) is 2.99. The number of H-pyrrole nitrogens is 1. The van der Waals surface area contributed by atoms with Crippen molar-refractivity contribution in [2.24, 2.45) is 0 Å². The van der Waals surface area contributed by atoms with Crippen LogP contribution in [0, 0.1) is 6.92 Å². The predicted octanol–water partition coefficient (Wildman–Crippen LogP) is 2.13. The van der Waals surface area contributed by atoms with Crippen LogP contribution in [0.15, 0.2) is 29.4 Å². The van der Waals surface area contributed by atoms with Crippen LogP contribution in [0.1, 0.15) is 15.9 Å². The fourth-order valence-corrected chi connectivity index (χ4v) is 1.74. The number of carbonyl (C=O) groups is 1. The molecule has 0 fully saturated rings. The highest BCUT2D eigenvalue weighted by molar-refractivity contribution is 7.98. The molecule has 0 atom stereocenters. The van der Waals surface area contributed by atoms with Crippen molar-refractivity contribution in [1.29, 1.82) is 0 Å². The summed E-state index contributed by atoms with van der Waals surface area (Å²) in [5.74, 6) is 0.539. The number of benzene rings is 1. The van der Waals surface area contributed by atoms with E-state index in [1.54, 1.807) is 0 Å². The normalized spacial score (nSPS) is 10.3. The second-order valence-electron chi connectivity index (χ2n) is 3.81. The number of aryl methyl sites for hydroxylation is 1. The topological polar surface area (TPSA) is 70.7 Å². The summed E-state index contributed by atoms with van der Waals surface area (Å²) in [7, 11) is 0. The molecule has 5 nitrogen and oxygen atoms in total. The van der Waals surface area contributed by atoms with Gasteiger partial charge in [0.25, 0.3) is 0 Å². The molecule has 0 unspecified atom stereocenters. The number of aromatic amines is 1. The van der Waals surface area contributed by atoms with Gasteiger partial charge in [-0.05, 0) is 13.2 Å². The first-order valence-corrected chi connectivity index (χ1v) is 6.71. The van der Waals surface area contributed by atoms with Gasteiger partial charge in [0, 0.05) is 5.56 Å². The van der Waals surface area contributed by atoms with Crippen LogP contribution in [0.25, 0.3) is 0 Å². The Morgan fingerprint density at radius 3 is 2.72 bits per heavy atom. The van der Waals surface area contributed by atoms with E-state index in [0.717, 1.165) is 5.56 Å². The summed E-state index contributed by atoms with van der Waals surface area (Å²) in [6.45, 7) is 2.19. The lowest BCUT2D eigenvalue weighted by Gasteiger charge is -2.02. The van der Waals surface area contributed by atoms with Gasteiger partial charge in [-0.1, -0.05) is 41.6 Å². The number of thioether (sulfide) groups is 1. The number of ketones is 1. The molecule has 0 bridgehead atoms. The second kappa shape index (κ2) is 5.68.